The Morgan fingerprint density at radius 3 is 2.34 bits per heavy atom. The Morgan fingerprint density at radius 1 is 0.931 bits per heavy atom. The summed E-state index contributed by atoms with van der Waals surface area (Å²) in [6.45, 7) is -0.448. The zero-order chi connectivity index (χ0) is 20.8. The number of Topliss-reactive ketones (excluding diaryl/α,β-unsaturated/α-hetero) is 1. The van der Waals surface area contributed by atoms with Gasteiger partial charge < -0.3 is 9.47 Å². The molecular formula is C21H14ClNO6. The summed E-state index contributed by atoms with van der Waals surface area (Å²) in [5, 5.41) is 11.0. The van der Waals surface area contributed by atoms with E-state index in [4.69, 9.17) is 21.1 Å². The van der Waals surface area contributed by atoms with Gasteiger partial charge in [-0.2, -0.15) is 0 Å². The summed E-state index contributed by atoms with van der Waals surface area (Å²) in [7, 11) is 0. The first-order valence-electron chi connectivity index (χ1n) is 8.41. The molecule has 0 saturated heterocycles. The lowest BCUT2D eigenvalue weighted by atomic mass is 10.1. The molecule has 0 aliphatic rings. The normalized spacial score (nSPS) is 10.2. The average Bonchev–Trinajstić information content (AvgIpc) is 2.72. The van der Waals surface area contributed by atoms with Gasteiger partial charge in [0.05, 0.1) is 15.5 Å². The van der Waals surface area contributed by atoms with Crippen LogP contribution in [-0.4, -0.2) is 23.3 Å². The van der Waals surface area contributed by atoms with E-state index in [0.29, 0.717) is 11.5 Å². The quantitative estimate of drug-likeness (QED) is 0.233. The van der Waals surface area contributed by atoms with Crippen LogP contribution in [0.1, 0.15) is 20.7 Å². The lowest BCUT2D eigenvalue weighted by Crippen LogP contribution is -2.14. The minimum absolute atomic E-state index is 0.0575. The molecule has 0 heterocycles. The number of carbonyl (C=O) groups is 2. The van der Waals surface area contributed by atoms with Crippen LogP contribution in [0.4, 0.5) is 5.69 Å². The lowest BCUT2D eigenvalue weighted by molar-refractivity contribution is -0.384. The van der Waals surface area contributed by atoms with Crippen LogP contribution >= 0.6 is 11.6 Å². The van der Waals surface area contributed by atoms with Gasteiger partial charge >= 0.3 is 5.97 Å². The number of hydrogen-bond acceptors (Lipinski definition) is 6. The van der Waals surface area contributed by atoms with Gasteiger partial charge in [0.15, 0.2) is 6.61 Å². The number of rotatable bonds is 7. The van der Waals surface area contributed by atoms with E-state index in [0.717, 1.165) is 0 Å². The zero-order valence-electron chi connectivity index (χ0n) is 14.9. The van der Waals surface area contributed by atoms with E-state index in [1.807, 2.05) is 0 Å². The van der Waals surface area contributed by atoms with Crippen molar-refractivity contribution in [3.05, 3.63) is 99.1 Å². The Morgan fingerprint density at radius 2 is 1.66 bits per heavy atom. The van der Waals surface area contributed by atoms with Crippen LogP contribution in [0, 0.1) is 10.1 Å². The number of benzene rings is 3. The molecule has 0 aliphatic heterocycles. The summed E-state index contributed by atoms with van der Waals surface area (Å²) in [4.78, 5) is 34.6. The van der Waals surface area contributed by atoms with Gasteiger partial charge in [0.1, 0.15) is 11.5 Å². The van der Waals surface area contributed by atoms with Crippen LogP contribution < -0.4 is 4.74 Å². The molecule has 0 spiro atoms. The summed E-state index contributed by atoms with van der Waals surface area (Å²) in [5.41, 5.74) is 0.409. The third-order valence-corrected chi connectivity index (χ3v) is 4.19. The number of nitrogens with zero attached hydrogens (tertiary/aromatic N) is 1. The van der Waals surface area contributed by atoms with Crippen molar-refractivity contribution in [1.82, 2.24) is 0 Å². The standard InChI is InChI=1S/C21H14ClNO6/c22-19-7-2-1-6-18(19)20(24)13-28-21(25)14-4-3-5-17(12-14)29-16-10-8-15(9-11-16)23(26)27/h1-12H,13H2. The first kappa shape index (κ1) is 20.0. The van der Waals surface area contributed by atoms with Crippen molar-refractivity contribution in [1.29, 1.82) is 0 Å². The van der Waals surface area contributed by atoms with E-state index >= 15 is 0 Å². The summed E-state index contributed by atoms with van der Waals surface area (Å²) >= 11 is 5.96. The average molecular weight is 412 g/mol. The molecule has 0 N–H and O–H groups in total. The number of ketones is 1. The van der Waals surface area contributed by atoms with Crippen LogP contribution in [0.3, 0.4) is 0 Å². The Balaban J connectivity index is 1.64. The molecule has 0 unspecified atom stereocenters. The van der Waals surface area contributed by atoms with E-state index in [2.05, 4.69) is 0 Å². The molecule has 8 heteroatoms. The Kier molecular flexibility index (Phi) is 6.21. The van der Waals surface area contributed by atoms with Crippen molar-refractivity contribution in [2.24, 2.45) is 0 Å². The highest BCUT2D eigenvalue weighted by Gasteiger charge is 2.15. The smallest absolute Gasteiger partial charge is 0.338 e. The van der Waals surface area contributed by atoms with Crippen molar-refractivity contribution in [3.63, 3.8) is 0 Å². The molecule has 0 aromatic heterocycles. The molecule has 0 radical (unpaired) electrons. The molecule has 3 aromatic carbocycles. The van der Waals surface area contributed by atoms with Gasteiger partial charge in [0.25, 0.3) is 5.69 Å². The van der Waals surface area contributed by atoms with E-state index in [9.17, 15) is 19.7 Å². The van der Waals surface area contributed by atoms with Gasteiger partial charge in [-0.05, 0) is 42.5 Å². The van der Waals surface area contributed by atoms with Gasteiger partial charge in [-0.3, -0.25) is 14.9 Å². The molecule has 0 saturated carbocycles. The number of halogens is 1. The lowest BCUT2D eigenvalue weighted by Gasteiger charge is -2.08. The van der Waals surface area contributed by atoms with Gasteiger partial charge in [-0.25, -0.2) is 4.79 Å². The topological polar surface area (TPSA) is 95.7 Å². The molecule has 146 valence electrons. The second kappa shape index (κ2) is 8.99. The number of non-ortho nitro benzene ring substituents is 1. The van der Waals surface area contributed by atoms with E-state index in [1.54, 1.807) is 36.4 Å². The maximum atomic E-state index is 12.3. The van der Waals surface area contributed by atoms with Crippen LogP contribution in [0.2, 0.25) is 5.02 Å². The van der Waals surface area contributed by atoms with Crippen molar-refractivity contribution in [2.75, 3.05) is 6.61 Å². The highest BCUT2D eigenvalue weighted by Crippen LogP contribution is 2.25. The number of ether oxygens (including phenoxy) is 2. The Hall–Kier alpha value is -3.71. The minimum atomic E-state index is -0.695. The Labute approximate surface area is 170 Å². The molecule has 0 aliphatic carbocycles. The summed E-state index contributed by atoms with van der Waals surface area (Å²) in [6, 6.07) is 18.2. The van der Waals surface area contributed by atoms with Crippen LogP contribution in [-0.2, 0) is 4.74 Å². The van der Waals surface area contributed by atoms with Gasteiger partial charge in [-0.1, -0.05) is 29.8 Å². The highest BCUT2D eigenvalue weighted by atomic mass is 35.5. The van der Waals surface area contributed by atoms with Crippen molar-refractivity contribution < 1.29 is 24.0 Å². The molecule has 7 nitrogen and oxygen atoms in total. The van der Waals surface area contributed by atoms with Crippen LogP contribution in [0.15, 0.2) is 72.8 Å². The first-order chi connectivity index (χ1) is 13.9. The third-order valence-electron chi connectivity index (χ3n) is 3.86. The Bertz CT molecular complexity index is 1060. The van der Waals surface area contributed by atoms with Gasteiger partial charge in [0.2, 0.25) is 5.78 Å². The summed E-state index contributed by atoms with van der Waals surface area (Å²) < 4.78 is 10.7. The monoisotopic (exact) mass is 411 g/mol. The number of nitro groups is 1. The predicted molar refractivity (Wildman–Crippen MR) is 106 cm³/mol. The summed E-state index contributed by atoms with van der Waals surface area (Å²) in [6.07, 6.45) is 0. The second-order valence-corrected chi connectivity index (χ2v) is 6.27. The molecular weight excluding hydrogens is 398 g/mol. The summed E-state index contributed by atoms with van der Waals surface area (Å²) in [5.74, 6) is -0.400. The van der Waals surface area contributed by atoms with Crippen LogP contribution in [0.25, 0.3) is 0 Å². The third kappa shape index (κ3) is 5.18. The van der Waals surface area contributed by atoms with Gasteiger partial charge in [0, 0.05) is 17.7 Å². The largest absolute Gasteiger partial charge is 0.457 e. The van der Waals surface area contributed by atoms with E-state index < -0.39 is 23.3 Å². The molecule has 29 heavy (non-hydrogen) atoms. The fourth-order valence-corrected chi connectivity index (χ4v) is 2.68. The molecule has 0 fully saturated rings. The number of carbonyl (C=O) groups excluding carboxylic acids is 2. The molecule has 0 bridgehead atoms. The molecule has 3 rings (SSSR count). The minimum Gasteiger partial charge on any atom is -0.457 e. The van der Waals surface area contributed by atoms with Crippen molar-refractivity contribution >= 4 is 29.0 Å². The van der Waals surface area contributed by atoms with Crippen LogP contribution in [0.5, 0.6) is 11.5 Å². The van der Waals surface area contributed by atoms with E-state index in [1.165, 1.54) is 36.4 Å². The first-order valence-corrected chi connectivity index (χ1v) is 8.79. The van der Waals surface area contributed by atoms with E-state index in [-0.39, 0.29) is 21.8 Å². The highest BCUT2D eigenvalue weighted by molar-refractivity contribution is 6.34. The molecule has 3 aromatic rings. The maximum absolute atomic E-state index is 12.3. The van der Waals surface area contributed by atoms with Crippen molar-refractivity contribution in [2.45, 2.75) is 0 Å². The zero-order valence-corrected chi connectivity index (χ0v) is 15.7. The fourth-order valence-electron chi connectivity index (χ4n) is 2.44. The number of nitro benzene ring substituents is 1. The molecule has 0 amide bonds. The second-order valence-electron chi connectivity index (χ2n) is 5.86. The van der Waals surface area contributed by atoms with Crippen molar-refractivity contribution in [3.8, 4) is 11.5 Å². The predicted octanol–water partition coefficient (Wildman–Crippen LogP) is 5.08. The SMILES string of the molecule is O=C(OCC(=O)c1ccccc1Cl)c1cccc(Oc2ccc([N+](=O)[O-])cc2)c1. The maximum Gasteiger partial charge on any atom is 0.338 e. The fraction of sp³-hybridized carbons (Fsp3) is 0.0476. The molecule has 0 atom stereocenters. The number of hydrogen-bond donors (Lipinski definition) is 0. The number of esters is 1. The van der Waals surface area contributed by atoms with Gasteiger partial charge in [-0.15, -0.1) is 0 Å².